The fourth-order valence-corrected chi connectivity index (χ4v) is 1.87. The molecule has 0 atom stereocenters. The molecule has 2 rings (SSSR count). The van der Waals surface area contributed by atoms with Crippen LogP contribution in [-0.2, 0) is 11.2 Å². The molecule has 1 fully saturated rings. The van der Waals surface area contributed by atoms with Gasteiger partial charge in [0, 0.05) is 38.9 Å². The quantitative estimate of drug-likeness (QED) is 0.804. The number of ether oxygens (including phenoxy) is 1. The highest BCUT2D eigenvalue weighted by molar-refractivity contribution is 5.12. The lowest BCUT2D eigenvalue weighted by Gasteiger charge is -2.41. The molecule has 1 N–H and O–H groups in total. The summed E-state index contributed by atoms with van der Waals surface area (Å²) in [6.45, 7) is 6.15. The number of aromatic nitrogens is 2. The van der Waals surface area contributed by atoms with Crippen LogP contribution in [0.1, 0.15) is 25.5 Å². The number of nitrogens with one attached hydrogen (secondary N) is 1. The van der Waals surface area contributed by atoms with Gasteiger partial charge in [-0.1, -0.05) is 0 Å². The van der Waals surface area contributed by atoms with E-state index in [1.165, 1.54) is 5.56 Å². The number of hydrogen-bond acceptors (Lipinski definition) is 3. The highest BCUT2D eigenvalue weighted by atomic mass is 16.5. The summed E-state index contributed by atoms with van der Waals surface area (Å²) in [5, 5.41) is 7.58. The summed E-state index contributed by atoms with van der Waals surface area (Å²) in [6.07, 6.45) is 5.01. The third-order valence-corrected chi connectivity index (χ3v) is 3.04. The lowest BCUT2D eigenvalue weighted by molar-refractivity contribution is -0.0502. The van der Waals surface area contributed by atoms with Gasteiger partial charge in [-0.3, -0.25) is 4.68 Å². The fourth-order valence-electron chi connectivity index (χ4n) is 1.87. The summed E-state index contributed by atoms with van der Waals surface area (Å²) in [6, 6.07) is 0.428. The van der Waals surface area contributed by atoms with Crippen molar-refractivity contribution < 1.29 is 4.74 Å². The van der Waals surface area contributed by atoms with Crippen LogP contribution in [0.15, 0.2) is 12.4 Å². The predicted molar refractivity (Wildman–Crippen MR) is 58.9 cm³/mol. The predicted octanol–water partition coefficient (Wildman–Crippen LogP) is 0.995. The molecule has 0 saturated carbocycles. The van der Waals surface area contributed by atoms with Crippen LogP contribution in [0.4, 0.5) is 0 Å². The highest BCUT2D eigenvalue weighted by Crippen LogP contribution is 2.21. The van der Waals surface area contributed by atoms with E-state index in [4.69, 9.17) is 4.74 Å². The van der Waals surface area contributed by atoms with E-state index in [0.29, 0.717) is 6.04 Å². The van der Waals surface area contributed by atoms with Crippen LogP contribution in [-0.4, -0.2) is 35.6 Å². The van der Waals surface area contributed by atoms with Gasteiger partial charge < -0.3 is 10.1 Å². The molecule has 2 heterocycles. The van der Waals surface area contributed by atoms with Gasteiger partial charge in [-0.25, -0.2) is 0 Å². The minimum atomic E-state index is 0.00480. The Labute approximate surface area is 90.6 Å². The van der Waals surface area contributed by atoms with E-state index in [-0.39, 0.29) is 5.60 Å². The molecule has 0 radical (unpaired) electrons. The van der Waals surface area contributed by atoms with E-state index >= 15 is 0 Å². The van der Waals surface area contributed by atoms with Crippen molar-refractivity contribution in [2.24, 2.45) is 0 Å². The van der Waals surface area contributed by atoms with E-state index in [1.807, 2.05) is 10.9 Å². The smallest absolute Gasteiger partial charge is 0.0967 e. The van der Waals surface area contributed by atoms with Crippen molar-refractivity contribution in [2.75, 3.05) is 20.2 Å². The van der Waals surface area contributed by atoms with Crippen molar-refractivity contribution in [3.63, 3.8) is 0 Å². The fraction of sp³-hybridized carbons (Fsp3) is 0.727. The molecule has 15 heavy (non-hydrogen) atoms. The lowest BCUT2D eigenvalue weighted by Crippen LogP contribution is -2.61. The summed E-state index contributed by atoms with van der Waals surface area (Å²) in [7, 11) is 1.79. The zero-order valence-electron chi connectivity index (χ0n) is 9.66. The van der Waals surface area contributed by atoms with Gasteiger partial charge in [-0.15, -0.1) is 0 Å². The van der Waals surface area contributed by atoms with Gasteiger partial charge in [0.1, 0.15) is 0 Å². The third-order valence-electron chi connectivity index (χ3n) is 3.04. The van der Waals surface area contributed by atoms with E-state index in [0.717, 1.165) is 19.5 Å². The topological polar surface area (TPSA) is 39.1 Å². The summed E-state index contributed by atoms with van der Waals surface area (Å²) in [5.41, 5.74) is 1.26. The van der Waals surface area contributed by atoms with E-state index < -0.39 is 0 Å². The molecule has 0 amide bonds. The Morgan fingerprint density at radius 3 is 2.73 bits per heavy atom. The van der Waals surface area contributed by atoms with Gasteiger partial charge >= 0.3 is 0 Å². The van der Waals surface area contributed by atoms with Gasteiger partial charge in [0.15, 0.2) is 0 Å². The first-order valence-corrected chi connectivity index (χ1v) is 5.44. The van der Waals surface area contributed by atoms with Crippen molar-refractivity contribution in [3.8, 4) is 0 Å². The highest BCUT2D eigenvalue weighted by Gasteiger charge is 2.37. The molecule has 0 aromatic carbocycles. The summed E-state index contributed by atoms with van der Waals surface area (Å²) in [5.74, 6) is 0. The van der Waals surface area contributed by atoms with Crippen LogP contribution >= 0.6 is 0 Å². The molecule has 0 spiro atoms. The Hall–Kier alpha value is -0.870. The standard InChI is InChI=1S/C11H19N3O/c1-9(2)14-6-10(5-13-14)4-11(15-3)7-12-8-11/h5-6,9,12H,4,7-8H2,1-3H3. The summed E-state index contributed by atoms with van der Waals surface area (Å²) >= 11 is 0. The minimum absolute atomic E-state index is 0.00480. The molecule has 0 unspecified atom stereocenters. The van der Waals surface area contributed by atoms with Gasteiger partial charge in [0.05, 0.1) is 11.8 Å². The number of hydrogen-bond donors (Lipinski definition) is 1. The zero-order chi connectivity index (χ0) is 10.9. The summed E-state index contributed by atoms with van der Waals surface area (Å²) < 4.78 is 7.54. The second-order valence-corrected chi connectivity index (χ2v) is 4.59. The molecule has 1 aromatic heterocycles. The largest absolute Gasteiger partial charge is 0.375 e. The molecule has 4 nitrogen and oxygen atoms in total. The van der Waals surface area contributed by atoms with Crippen LogP contribution in [0.2, 0.25) is 0 Å². The molecular formula is C11H19N3O. The maximum atomic E-state index is 5.55. The maximum absolute atomic E-state index is 5.55. The Morgan fingerprint density at radius 2 is 2.33 bits per heavy atom. The van der Waals surface area contributed by atoms with Gasteiger partial charge in [0.25, 0.3) is 0 Å². The van der Waals surface area contributed by atoms with Crippen LogP contribution in [0.5, 0.6) is 0 Å². The van der Waals surface area contributed by atoms with Crippen molar-refractivity contribution in [1.29, 1.82) is 0 Å². The average molecular weight is 209 g/mol. The maximum Gasteiger partial charge on any atom is 0.0967 e. The molecule has 84 valence electrons. The first-order valence-electron chi connectivity index (χ1n) is 5.44. The first kappa shape index (κ1) is 10.6. The molecular weight excluding hydrogens is 190 g/mol. The Morgan fingerprint density at radius 1 is 1.60 bits per heavy atom. The van der Waals surface area contributed by atoms with Gasteiger partial charge in [-0.2, -0.15) is 5.10 Å². The monoisotopic (exact) mass is 209 g/mol. The van der Waals surface area contributed by atoms with E-state index in [1.54, 1.807) is 7.11 Å². The molecule has 1 saturated heterocycles. The minimum Gasteiger partial charge on any atom is -0.375 e. The average Bonchev–Trinajstić information content (AvgIpc) is 2.59. The third kappa shape index (κ3) is 2.06. The first-order chi connectivity index (χ1) is 7.15. The lowest BCUT2D eigenvalue weighted by atomic mass is 9.90. The van der Waals surface area contributed by atoms with Crippen LogP contribution in [0.3, 0.4) is 0 Å². The van der Waals surface area contributed by atoms with E-state index in [9.17, 15) is 0 Å². The summed E-state index contributed by atoms with van der Waals surface area (Å²) in [4.78, 5) is 0. The van der Waals surface area contributed by atoms with E-state index in [2.05, 4.69) is 30.5 Å². The molecule has 1 aromatic rings. The second kappa shape index (κ2) is 3.94. The van der Waals surface area contributed by atoms with Crippen molar-refractivity contribution >= 4 is 0 Å². The normalized spacial score (nSPS) is 19.2. The molecule has 1 aliphatic heterocycles. The van der Waals surface area contributed by atoms with Crippen LogP contribution in [0.25, 0.3) is 0 Å². The SMILES string of the molecule is COC1(Cc2cnn(C(C)C)c2)CNC1. The Kier molecular flexibility index (Phi) is 2.80. The molecule has 1 aliphatic rings. The second-order valence-electron chi connectivity index (χ2n) is 4.59. The number of methoxy groups -OCH3 is 1. The van der Waals surface area contributed by atoms with Crippen molar-refractivity contribution in [2.45, 2.75) is 31.9 Å². The van der Waals surface area contributed by atoms with Crippen LogP contribution < -0.4 is 5.32 Å². The number of nitrogens with zero attached hydrogens (tertiary/aromatic N) is 2. The Bertz CT molecular complexity index is 323. The van der Waals surface area contributed by atoms with Crippen LogP contribution in [0, 0.1) is 0 Å². The molecule has 4 heteroatoms. The Balaban J connectivity index is 2.04. The van der Waals surface area contributed by atoms with Gasteiger partial charge in [0.2, 0.25) is 0 Å². The van der Waals surface area contributed by atoms with Crippen molar-refractivity contribution in [1.82, 2.24) is 15.1 Å². The zero-order valence-corrected chi connectivity index (χ0v) is 9.66. The molecule has 0 bridgehead atoms. The number of rotatable bonds is 4. The van der Waals surface area contributed by atoms with Gasteiger partial charge in [-0.05, 0) is 19.4 Å². The van der Waals surface area contributed by atoms with Crippen molar-refractivity contribution in [3.05, 3.63) is 18.0 Å². The molecule has 0 aliphatic carbocycles.